The fourth-order valence-corrected chi connectivity index (χ4v) is 2.56. The summed E-state index contributed by atoms with van der Waals surface area (Å²) in [6.45, 7) is 5.49. The van der Waals surface area contributed by atoms with Crippen LogP contribution in [0.1, 0.15) is 26.7 Å². The number of piperidine rings is 1. The summed E-state index contributed by atoms with van der Waals surface area (Å²) >= 11 is 0. The largest absolute Gasteiger partial charge is 0.481 e. The van der Waals surface area contributed by atoms with Crippen molar-refractivity contribution in [3.8, 4) is 0 Å². The Hall–Kier alpha value is -1.14. The maximum atomic E-state index is 12.0. The average Bonchev–Trinajstić information content (AvgIpc) is 2.37. The van der Waals surface area contributed by atoms with Gasteiger partial charge in [0, 0.05) is 26.2 Å². The van der Waals surface area contributed by atoms with E-state index < -0.39 is 5.97 Å². The number of amides is 1. The zero-order chi connectivity index (χ0) is 14.4. The molecular weight excluding hydrogens is 248 g/mol. The lowest BCUT2D eigenvalue weighted by atomic mass is 9.90. The first-order valence-corrected chi connectivity index (χ1v) is 6.72. The number of carbonyl (C=O) groups excluding carboxylic acids is 1. The van der Waals surface area contributed by atoms with Gasteiger partial charge in [0.05, 0.1) is 18.6 Å². The molecule has 6 heteroatoms. The molecule has 3 unspecified atom stereocenters. The second kappa shape index (κ2) is 7.45. The maximum Gasteiger partial charge on any atom is 0.306 e. The van der Waals surface area contributed by atoms with Crippen molar-refractivity contribution in [2.24, 2.45) is 5.92 Å². The van der Waals surface area contributed by atoms with Gasteiger partial charge in [-0.3, -0.25) is 14.5 Å². The van der Waals surface area contributed by atoms with Crippen molar-refractivity contribution in [3.63, 3.8) is 0 Å². The highest BCUT2D eigenvalue weighted by atomic mass is 16.5. The van der Waals surface area contributed by atoms with Gasteiger partial charge in [0.2, 0.25) is 5.91 Å². The number of hydrogen-bond acceptors (Lipinski definition) is 4. The topological polar surface area (TPSA) is 78.9 Å². The lowest BCUT2D eigenvalue weighted by Crippen LogP contribution is -2.53. The highest BCUT2D eigenvalue weighted by molar-refractivity contribution is 5.81. The Kier molecular flexibility index (Phi) is 6.24. The number of carbonyl (C=O) groups is 2. The molecule has 1 heterocycles. The standard InChI is InChI=1S/C13H24N2O4/c1-9-8-11(13(17)18)4-6-15(9)10(2)12(16)14-5-7-19-3/h9-11H,4-8H2,1-3H3,(H,14,16)(H,17,18). The van der Waals surface area contributed by atoms with Gasteiger partial charge < -0.3 is 15.2 Å². The van der Waals surface area contributed by atoms with Crippen molar-refractivity contribution in [2.75, 3.05) is 26.8 Å². The summed E-state index contributed by atoms with van der Waals surface area (Å²) in [6.07, 6.45) is 1.21. The van der Waals surface area contributed by atoms with Crippen LogP contribution in [-0.4, -0.2) is 60.8 Å². The molecule has 1 aliphatic heterocycles. The number of carboxylic acid groups (broad SMARTS) is 1. The van der Waals surface area contributed by atoms with Crippen molar-refractivity contribution in [2.45, 2.75) is 38.8 Å². The van der Waals surface area contributed by atoms with Gasteiger partial charge in [-0.15, -0.1) is 0 Å². The normalized spacial score (nSPS) is 25.8. The Morgan fingerprint density at radius 1 is 1.53 bits per heavy atom. The molecule has 0 aromatic heterocycles. The molecule has 6 nitrogen and oxygen atoms in total. The Balaban J connectivity index is 2.46. The molecule has 110 valence electrons. The minimum atomic E-state index is -0.733. The fourth-order valence-electron chi connectivity index (χ4n) is 2.56. The van der Waals surface area contributed by atoms with E-state index in [9.17, 15) is 9.59 Å². The number of likely N-dealkylation sites (tertiary alicyclic amines) is 1. The van der Waals surface area contributed by atoms with E-state index in [-0.39, 0.29) is 23.9 Å². The molecule has 1 fully saturated rings. The van der Waals surface area contributed by atoms with Gasteiger partial charge in [-0.25, -0.2) is 0 Å². The molecule has 1 saturated heterocycles. The molecule has 3 atom stereocenters. The first-order valence-electron chi connectivity index (χ1n) is 6.72. The Bertz CT molecular complexity index is 322. The Morgan fingerprint density at radius 3 is 2.74 bits per heavy atom. The summed E-state index contributed by atoms with van der Waals surface area (Å²) in [7, 11) is 1.59. The van der Waals surface area contributed by atoms with Crippen LogP contribution in [0.15, 0.2) is 0 Å². The van der Waals surface area contributed by atoms with Crippen LogP contribution in [0.3, 0.4) is 0 Å². The van der Waals surface area contributed by atoms with E-state index in [4.69, 9.17) is 9.84 Å². The highest BCUT2D eigenvalue weighted by Crippen LogP contribution is 2.24. The number of nitrogens with zero attached hydrogens (tertiary/aromatic N) is 1. The molecule has 1 amide bonds. The van der Waals surface area contributed by atoms with Crippen LogP contribution in [0, 0.1) is 5.92 Å². The first-order chi connectivity index (χ1) is 8.97. The number of hydrogen-bond donors (Lipinski definition) is 2. The van der Waals surface area contributed by atoms with Gasteiger partial charge in [0.1, 0.15) is 0 Å². The second-order valence-electron chi connectivity index (χ2n) is 5.11. The van der Waals surface area contributed by atoms with Gasteiger partial charge >= 0.3 is 5.97 Å². The summed E-state index contributed by atoms with van der Waals surface area (Å²) in [5, 5.41) is 11.8. The van der Waals surface area contributed by atoms with Gasteiger partial charge in [-0.05, 0) is 26.7 Å². The summed E-state index contributed by atoms with van der Waals surface area (Å²) in [6, 6.07) is -0.125. The van der Waals surface area contributed by atoms with Crippen LogP contribution < -0.4 is 5.32 Å². The van der Waals surface area contributed by atoms with Gasteiger partial charge in [-0.2, -0.15) is 0 Å². The van der Waals surface area contributed by atoms with Gasteiger partial charge in [0.15, 0.2) is 0 Å². The molecule has 0 radical (unpaired) electrons. The van der Waals surface area contributed by atoms with Crippen molar-refractivity contribution in [3.05, 3.63) is 0 Å². The lowest BCUT2D eigenvalue weighted by Gasteiger charge is -2.39. The SMILES string of the molecule is COCCNC(=O)C(C)N1CCC(C(=O)O)CC1C. The molecule has 0 aliphatic carbocycles. The van der Waals surface area contributed by atoms with Crippen molar-refractivity contribution >= 4 is 11.9 Å². The molecule has 1 rings (SSSR count). The second-order valence-corrected chi connectivity index (χ2v) is 5.11. The van der Waals surface area contributed by atoms with Crippen LogP contribution in [0.2, 0.25) is 0 Å². The van der Waals surface area contributed by atoms with Crippen molar-refractivity contribution < 1.29 is 19.4 Å². The zero-order valence-corrected chi connectivity index (χ0v) is 11.9. The number of ether oxygens (including phenoxy) is 1. The van der Waals surface area contributed by atoms with Gasteiger partial charge in [0.25, 0.3) is 0 Å². The third kappa shape index (κ3) is 4.47. The molecular formula is C13H24N2O4. The van der Waals surface area contributed by atoms with Crippen molar-refractivity contribution in [1.82, 2.24) is 10.2 Å². The minimum absolute atomic E-state index is 0.0299. The van der Waals surface area contributed by atoms with E-state index in [0.29, 0.717) is 32.5 Å². The van der Waals surface area contributed by atoms with E-state index in [2.05, 4.69) is 10.2 Å². The molecule has 19 heavy (non-hydrogen) atoms. The predicted molar refractivity (Wildman–Crippen MR) is 70.9 cm³/mol. The Labute approximate surface area is 114 Å². The monoisotopic (exact) mass is 272 g/mol. The first kappa shape index (κ1) is 15.9. The molecule has 0 saturated carbocycles. The number of rotatable bonds is 6. The van der Waals surface area contributed by atoms with Crippen LogP contribution in [-0.2, 0) is 14.3 Å². The van der Waals surface area contributed by atoms with E-state index in [1.807, 2.05) is 13.8 Å². The van der Waals surface area contributed by atoms with Gasteiger partial charge in [-0.1, -0.05) is 0 Å². The molecule has 0 spiro atoms. The highest BCUT2D eigenvalue weighted by Gasteiger charge is 2.34. The Morgan fingerprint density at radius 2 is 2.21 bits per heavy atom. The quantitative estimate of drug-likeness (QED) is 0.681. The molecule has 0 aromatic rings. The lowest BCUT2D eigenvalue weighted by molar-refractivity contribution is -0.144. The summed E-state index contributed by atoms with van der Waals surface area (Å²) in [4.78, 5) is 25.0. The van der Waals surface area contributed by atoms with E-state index in [1.54, 1.807) is 7.11 Å². The number of aliphatic carboxylic acids is 1. The maximum absolute atomic E-state index is 12.0. The van der Waals surface area contributed by atoms with E-state index in [1.165, 1.54) is 0 Å². The summed E-state index contributed by atoms with van der Waals surface area (Å²) in [5.41, 5.74) is 0. The minimum Gasteiger partial charge on any atom is -0.481 e. The van der Waals surface area contributed by atoms with Crippen molar-refractivity contribution in [1.29, 1.82) is 0 Å². The summed E-state index contributed by atoms with van der Waals surface area (Å²) in [5.74, 6) is -1.05. The molecule has 0 aromatic carbocycles. The van der Waals surface area contributed by atoms with Crippen LogP contribution in [0.25, 0.3) is 0 Å². The molecule has 0 bridgehead atoms. The number of nitrogens with one attached hydrogen (secondary N) is 1. The molecule has 2 N–H and O–H groups in total. The number of methoxy groups -OCH3 is 1. The third-order valence-electron chi connectivity index (χ3n) is 3.76. The van der Waals surface area contributed by atoms with Crippen LogP contribution >= 0.6 is 0 Å². The van der Waals surface area contributed by atoms with Crippen LogP contribution in [0.4, 0.5) is 0 Å². The van der Waals surface area contributed by atoms with E-state index in [0.717, 1.165) is 0 Å². The molecule has 1 aliphatic rings. The zero-order valence-electron chi connectivity index (χ0n) is 11.9. The fraction of sp³-hybridized carbons (Fsp3) is 0.846. The van der Waals surface area contributed by atoms with E-state index >= 15 is 0 Å². The average molecular weight is 272 g/mol. The van der Waals surface area contributed by atoms with Crippen LogP contribution in [0.5, 0.6) is 0 Å². The predicted octanol–water partition coefficient (Wildman–Crippen LogP) is 0.323. The summed E-state index contributed by atoms with van der Waals surface area (Å²) < 4.78 is 4.89. The number of carboxylic acids is 1. The smallest absolute Gasteiger partial charge is 0.306 e. The third-order valence-corrected chi connectivity index (χ3v) is 3.76.